The molecular formula is C16H27NO4. The van der Waals surface area contributed by atoms with Crippen LogP contribution < -0.4 is 5.32 Å². The van der Waals surface area contributed by atoms with E-state index in [9.17, 15) is 4.79 Å². The summed E-state index contributed by atoms with van der Waals surface area (Å²) in [4.78, 5) is 11.4. The van der Waals surface area contributed by atoms with Crippen LogP contribution in [0, 0.1) is 0 Å². The van der Waals surface area contributed by atoms with Crippen molar-refractivity contribution in [3.8, 4) is 0 Å². The van der Waals surface area contributed by atoms with Crippen LogP contribution >= 0.6 is 0 Å². The highest BCUT2D eigenvalue weighted by molar-refractivity contribution is 5.73. The second-order valence-electron chi connectivity index (χ2n) is 5.70. The van der Waals surface area contributed by atoms with Gasteiger partial charge in [0.25, 0.3) is 0 Å². The topological polar surface area (TPSA) is 56.8 Å². The molecule has 0 bridgehead atoms. The fourth-order valence-electron chi connectivity index (χ4n) is 2.92. The molecule has 0 aromatic rings. The number of carbonyl (C=O) groups excluding carboxylic acids is 1. The van der Waals surface area contributed by atoms with Crippen molar-refractivity contribution in [3.05, 3.63) is 11.6 Å². The molecule has 1 heterocycles. The summed E-state index contributed by atoms with van der Waals surface area (Å²) in [5.41, 5.74) is 1.14. The van der Waals surface area contributed by atoms with Gasteiger partial charge in [-0.25, -0.2) is 0 Å². The molecule has 1 amide bonds. The first-order chi connectivity index (χ1) is 10.1. The zero-order valence-electron chi connectivity index (χ0n) is 13.3. The second kappa shape index (κ2) is 7.92. The van der Waals surface area contributed by atoms with Gasteiger partial charge in [0.15, 0.2) is 6.29 Å². The lowest BCUT2D eigenvalue weighted by atomic mass is 9.92. The molecule has 1 fully saturated rings. The summed E-state index contributed by atoms with van der Waals surface area (Å²) in [5, 5.41) is 3.01. The van der Waals surface area contributed by atoms with Gasteiger partial charge in [-0.3, -0.25) is 4.79 Å². The highest BCUT2D eigenvalue weighted by Gasteiger charge is 2.32. The van der Waals surface area contributed by atoms with Crippen molar-refractivity contribution in [1.82, 2.24) is 5.32 Å². The number of carbonyl (C=O) groups is 1. The van der Waals surface area contributed by atoms with Crippen LogP contribution in [0.15, 0.2) is 11.6 Å². The van der Waals surface area contributed by atoms with Gasteiger partial charge in [0.2, 0.25) is 5.91 Å². The molecule has 5 nitrogen and oxygen atoms in total. The summed E-state index contributed by atoms with van der Waals surface area (Å²) in [6.07, 6.45) is 5.66. The van der Waals surface area contributed by atoms with Crippen molar-refractivity contribution in [1.29, 1.82) is 0 Å². The van der Waals surface area contributed by atoms with E-state index in [-0.39, 0.29) is 30.4 Å². The largest absolute Gasteiger partial charge is 0.369 e. The van der Waals surface area contributed by atoms with Gasteiger partial charge in [0.1, 0.15) is 0 Å². The van der Waals surface area contributed by atoms with Gasteiger partial charge >= 0.3 is 0 Å². The highest BCUT2D eigenvalue weighted by atomic mass is 16.7. The molecule has 0 aromatic carbocycles. The number of hydrogen-bond donors (Lipinski definition) is 1. The van der Waals surface area contributed by atoms with E-state index in [1.165, 1.54) is 0 Å². The molecule has 0 radical (unpaired) electrons. The standard InChI is InChI=1S/C16H27NO4/c1-4-13(5-2)21-15-10-12(16-19-8-9-20-16)6-7-14(15)17-11(3)18/h10,13-16H,4-9H2,1-3H3,(H,17,18)/t14-,15-/m1/s1. The zero-order valence-corrected chi connectivity index (χ0v) is 13.3. The van der Waals surface area contributed by atoms with E-state index < -0.39 is 0 Å². The number of ether oxygens (including phenoxy) is 3. The molecule has 0 unspecified atom stereocenters. The van der Waals surface area contributed by atoms with Gasteiger partial charge in [-0.15, -0.1) is 0 Å². The van der Waals surface area contributed by atoms with E-state index in [1.807, 2.05) is 0 Å². The fourth-order valence-corrected chi connectivity index (χ4v) is 2.92. The maximum Gasteiger partial charge on any atom is 0.217 e. The van der Waals surface area contributed by atoms with E-state index in [1.54, 1.807) is 6.92 Å². The first-order valence-electron chi connectivity index (χ1n) is 8.00. The van der Waals surface area contributed by atoms with Crippen molar-refractivity contribution in [3.63, 3.8) is 0 Å². The molecule has 1 aliphatic carbocycles. The van der Waals surface area contributed by atoms with Gasteiger partial charge in [-0.2, -0.15) is 0 Å². The molecular weight excluding hydrogens is 270 g/mol. The minimum Gasteiger partial charge on any atom is -0.369 e. The maximum atomic E-state index is 11.4. The van der Waals surface area contributed by atoms with Crippen LogP contribution in [0.2, 0.25) is 0 Å². The minimum atomic E-state index is -0.226. The number of rotatable bonds is 6. The van der Waals surface area contributed by atoms with Gasteiger partial charge in [-0.1, -0.05) is 13.8 Å². The molecule has 2 atom stereocenters. The van der Waals surface area contributed by atoms with E-state index in [4.69, 9.17) is 14.2 Å². The number of hydrogen-bond acceptors (Lipinski definition) is 4. The molecule has 0 spiro atoms. The summed E-state index contributed by atoms with van der Waals surface area (Å²) in [5.74, 6) is -0.0108. The molecule has 1 N–H and O–H groups in total. The molecule has 120 valence electrons. The Morgan fingerprint density at radius 1 is 1.38 bits per heavy atom. The minimum absolute atomic E-state index is 0.0108. The number of amides is 1. The van der Waals surface area contributed by atoms with Gasteiger partial charge in [0.05, 0.1) is 31.5 Å². The Morgan fingerprint density at radius 3 is 2.62 bits per heavy atom. The van der Waals surface area contributed by atoms with Crippen LogP contribution in [-0.2, 0) is 19.0 Å². The molecule has 0 saturated carbocycles. The Bertz CT molecular complexity index is 372. The lowest BCUT2D eigenvalue weighted by molar-refractivity contribution is -0.121. The third-order valence-electron chi connectivity index (χ3n) is 4.09. The first kappa shape index (κ1) is 16.5. The summed E-state index contributed by atoms with van der Waals surface area (Å²) < 4.78 is 17.4. The lowest BCUT2D eigenvalue weighted by Crippen LogP contribution is -2.46. The normalized spacial score (nSPS) is 27.0. The van der Waals surface area contributed by atoms with Gasteiger partial charge in [0, 0.05) is 6.92 Å². The fraction of sp³-hybridized carbons (Fsp3) is 0.812. The van der Waals surface area contributed by atoms with Crippen molar-refractivity contribution in [2.75, 3.05) is 13.2 Å². The predicted octanol–water partition coefficient (Wildman–Crippen LogP) is 2.16. The third kappa shape index (κ3) is 4.53. The van der Waals surface area contributed by atoms with Crippen molar-refractivity contribution >= 4 is 5.91 Å². The van der Waals surface area contributed by atoms with E-state index in [0.29, 0.717) is 13.2 Å². The van der Waals surface area contributed by atoms with Crippen LogP contribution in [0.4, 0.5) is 0 Å². The average molecular weight is 297 g/mol. The van der Waals surface area contributed by atoms with E-state index in [0.717, 1.165) is 31.3 Å². The third-order valence-corrected chi connectivity index (χ3v) is 4.09. The summed E-state index contributed by atoms with van der Waals surface area (Å²) in [6, 6.07) is 0.0354. The molecule has 1 aliphatic heterocycles. The Kier molecular flexibility index (Phi) is 6.21. The monoisotopic (exact) mass is 297 g/mol. The van der Waals surface area contributed by atoms with Crippen LogP contribution in [0.3, 0.4) is 0 Å². The smallest absolute Gasteiger partial charge is 0.217 e. The van der Waals surface area contributed by atoms with E-state index in [2.05, 4.69) is 25.2 Å². The Hall–Kier alpha value is -0.910. The summed E-state index contributed by atoms with van der Waals surface area (Å²) in [6.45, 7) is 7.09. The molecule has 2 rings (SSSR count). The lowest BCUT2D eigenvalue weighted by Gasteiger charge is -2.34. The van der Waals surface area contributed by atoms with Crippen molar-refractivity contribution < 1.29 is 19.0 Å². The van der Waals surface area contributed by atoms with Crippen LogP contribution in [0.25, 0.3) is 0 Å². The summed E-state index contributed by atoms with van der Waals surface area (Å²) >= 11 is 0. The average Bonchev–Trinajstić information content (AvgIpc) is 2.99. The zero-order chi connectivity index (χ0) is 15.2. The quantitative estimate of drug-likeness (QED) is 0.763. The first-order valence-corrected chi connectivity index (χ1v) is 8.00. The molecule has 5 heteroatoms. The van der Waals surface area contributed by atoms with Crippen molar-refractivity contribution in [2.45, 2.75) is 71.0 Å². The van der Waals surface area contributed by atoms with Crippen LogP contribution in [0.5, 0.6) is 0 Å². The Morgan fingerprint density at radius 2 is 2.05 bits per heavy atom. The Labute approximate surface area is 127 Å². The van der Waals surface area contributed by atoms with Crippen LogP contribution in [0.1, 0.15) is 46.5 Å². The molecule has 0 aromatic heterocycles. The number of nitrogens with one attached hydrogen (secondary N) is 1. The summed E-state index contributed by atoms with van der Waals surface area (Å²) in [7, 11) is 0. The SMILES string of the molecule is CCC(CC)O[C@@H]1C=C(C2OCCO2)CC[C@H]1NC(C)=O. The van der Waals surface area contributed by atoms with E-state index >= 15 is 0 Å². The van der Waals surface area contributed by atoms with Crippen molar-refractivity contribution in [2.24, 2.45) is 0 Å². The van der Waals surface area contributed by atoms with Gasteiger partial charge < -0.3 is 19.5 Å². The van der Waals surface area contributed by atoms with Gasteiger partial charge in [-0.05, 0) is 37.3 Å². The molecule has 1 saturated heterocycles. The molecule has 2 aliphatic rings. The molecule has 21 heavy (non-hydrogen) atoms. The predicted molar refractivity (Wildman–Crippen MR) is 79.9 cm³/mol. The van der Waals surface area contributed by atoms with Crippen LogP contribution in [-0.4, -0.2) is 43.7 Å². The Balaban J connectivity index is 2.08. The second-order valence-corrected chi connectivity index (χ2v) is 5.70. The maximum absolute atomic E-state index is 11.4. The highest BCUT2D eigenvalue weighted by Crippen LogP contribution is 2.28.